The molecule has 5 heteroatoms. The predicted octanol–water partition coefficient (Wildman–Crippen LogP) is 2.42. The van der Waals surface area contributed by atoms with Crippen LogP contribution in [-0.2, 0) is 0 Å². The fourth-order valence-corrected chi connectivity index (χ4v) is 3.31. The highest BCUT2D eigenvalue weighted by Gasteiger charge is 2.24. The minimum absolute atomic E-state index is 0.00970. The molecule has 0 aromatic heterocycles. The van der Waals surface area contributed by atoms with Gasteiger partial charge in [0.25, 0.3) is 11.8 Å². The number of carbonyl (C=O) groups is 2. The second kappa shape index (κ2) is 8.83. The molecule has 1 unspecified atom stereocenters. The number of nitrogens with two attached hydrogens (primary N) is 1. The van der Waals surface area contributed by atoms with E-state index >= 15 is 0 Å². The van der Waals surface area contributed by atoms with Crippen molar-refractivity contribution in [2.45, 2.75) is 45.1 Å². The maximum atomic E-state index is 12.6. The van der Waals surface area contributed by atoms with Crippen molar-refractivity contribution in [1.29, 1.82) is 0 Å². The van der Waals surface area contributed by atoms with Gasteiger partial charge in [-0.25, -0.2) is 0 Å². The molecule has 0 heterocycles. The van der Waals surface area contributed by atoms with Crippen molar-refractivity contribution in [3.05, 3.63) is 35.4 Å². The van der Waals surface area contributed by atoms with Crippen molar-refractivity contribution in [2.75, 3.05) is 20.1 Å². The minimum Gasteiger partial charge on any atom is -0.348 e. The van der Waals surface area contributed by atoms with Gasteiger partial charge < -0.3 is 16.0 Å². The molecular formula is C19H29N3O2. The third-order valence-corrected chi connectivity index (χ3v) is 4.98. The zero-order chi connectivity index (χ0) is 17.5. The SMILES string of the molecule is CCN(C)C(=O)c1cccc(C(=O)NC(CN)C2CCCCC2)c1. The second-order valence-corrected chi connectivity index (χ2v) is 6.61. The topological polar surface area (TPSA) is 75.4 Å². The fourth-order valence-electron chi connectivity index (χ4n) is 3.31. The van der Waals surface area contributed by atoms with Crippen LogP contribution in [0.4, 0.5) is 0 Å². The molecule has 1 aliphatic rings. The van der Waals surface area contributed by atoms with Gasteiger partial charge in [0.05, 0.1) is 0 Å². The Hall–Kier alpha value is -1.88. The molecule has 1 atom stereocenters. The van der Waals surface area contributed by atoms with E-state index in [1.807, 2.05) is 6.92 Å². The largest absolute Gasteiger partial charge is 0.348 e. The fraction of sp³-hybridized carbons (Fsp3) is 0.579. The normalized spacial score (nSPS) is 16.5. The Morgan fingerprint density at radius 3 is 2.54 bits per heavy atom. The molecule has 1 aromatic carbocycles. The van der Waals surface area contributed by atoms with Crippen molar-refractivity contribution < 1.29 is 9.59 Å². The van der Waals surface area contributed by atoms with Crippen molar-refractivity contribution in [3.63, 3.8) is 0 Å². The molecule has 3 N–H and O–H groups in total. The molecule has 132 valence electrons. The van der Waals surface area contributed by atoms with E-state index < -0.39 is 0 Å². The van der Waals surface area contributed by atoms with Crippen LogP contribution in [0, 0.1) is 5.92 Å². The minimum atomic E-state index is -0.148. The smallest absolute Gasteiger partial charge is 0.253 e. The van der Waals surface area contributed by atoms with Gasteiger partial charge >= 0.3 is 0 Å². The zero-order valence-corrected chi connectivity index (χ0v) is 14.8. The molecule has 24 heavy (non-hydrogen) atoms. The van der Waals surface area contributed by atoms with Gasteiger partial charge in [0.2, 0.25) is 0 Å². The molecule has 2 amide bonds. The van der Waals surface area contributed by atoms with Crippen LogP contribution < -0.4 is 11.1 Å². The van der Waals surface area contributed by atoms with Gasteiger partial charge in [0.1, 0.15) is 0 Å². The molecule has 1 saturated carbocycles. The van der Waals surface area contributed by atoms with E-state index in [0.29, 0.717) is 30.1 Å². The van der Waals surface area contributed by atoms with Crippen LogP contribution in [0.1, 0.15) is 59.7 Å². The van der Waals surface area contributed by atoms with Crippen LogP contribution in [0.15, 0.2) is 24.3 Å². The number of carbonyl (C=O) groups excluding carboxylic acids is 2. The summed E-state index contributed by atoms with van der Waals surface area (Å²) in [5.74, 6) is 0.239. The molecule has 0 saturated heterocycles. The average molecular weight is 331 g/mol. The molecule has 0 spiro atoms. The molecule has 1 fully saturated rings. The monoisotopic (exact) mass is 331 g/mol. The highest BCUT2D eigenvalue weighted by molar-refractivity contribution is 5.99. The first kappa shape index (κ1) is 18.5. The van der Waals surface area contributed by atoms with Gasteiger partial charge in [-0.1, -0.05) is 25.3 Å². The Labute approximate surface area is 144 Å². The van der Waals surface area contributed by atoms with Crippen LogP contribution in [0.3, 0.4) is 0 Å². The van der Waals surface area contributed by atoms with Crippen LogP contribution in [0.2, 0.25) is 0 Å². The molecule has 5 nitrogen and oxygen atoms in total. The standard InChI is InChI=1S/C19H29N3O2/c1-3-22(2)19(24)16-11-7-10-15(12-16)18(23)21-17(13-20)14-8-5-4-6-9-14/h7,10-12,14,17H,3-6,8-9,13,20H2,1-2H3,(H,21,23). The van der Waals surface area contributed by atoms with E-state index in [1.165, 1.54) is 19.3 Å². The summed E-state index contributed by atoms with van der Waals surface area (Å²) in [7, 11) is 1.75. The summed E-state index contributed by atoms with van der Waals surface area (Å²) in [4.78, 5) is 26.5. The Kier molecular flexibility index (Phi) is 6.79. The van der Waals surface area contributed by atoms with E-state index in [0.717, 1.165) is 12.8 Å². The lowest BCUT2D eigenvalue weighted by atomic mass is 9.84. The van der Waals surface area contributed by atoms with Gasteiger partial charge in [-0.05, 0) is 43.9 Å². The van der Waals surface area contributed by atoms with Crippen LogP contribution >= 0.6 is 0 Å². The Morgan fingerprint density at radius 2 is 1.92 bits per heavy atom. The molecule has 1 aliphatic carbocycles. The van der Waals surface area contributed by atoms with Gasteiger partial charge in [0.15, 0.2) is 0 Å². The van der Waals surface area contributed by atoms with Crippen LogP contribution in [0.5, 0.6) is 0 Å². The Bertz CT molecular complexity index is 567. The lowest BCUT2D eigenvalue weighted by Gasteiger charge is -2.30. The molecule has 1 aromatic rings. The van der Waals surface area contributed by atoms with Crippen molar-refractivity contribution in [1.82, 2.24) is 10.2 Å². The van der Waals surface area contributed by atoms with Gasteiger partial charge in [0, 0.05) is 37.3 Å². The van der Waals surface area contributed by atoms with E-state index in [4.69, 9.17) is 5.73 Å². The third-order valence-electron chi connectivity index (χ3n) is 4.98. The highest BCUT2D eigenvalue weighted by atomic mass is 16.2. The summed E-state index contributed by atoms with van der Waals surface area (Å²) >= 11 is 0. The number of nitrogens with zero attached hydrogens (tertiary/aromatic N) is 1. The summed E-state index contributed by atoms with van der Waals surface area (Å²) in [6.45, 7) is 3.00. The number of amides is 2. The maximum absolute atomic E-state index is 12.6. The van der Waals surface area contributed by atoms with E-state index in [2.05, 4.69) is 5.32 Å². The first-order chi connectivity index (χ1) is 11.6. The predicted molar refractivity (Wildman–Crippen MR) is 96.0 cm³/mol. The van der Waals surface area contributed by atoms with Crippen LogP contribution in [-0.4, -0.2) is 42.9 Å². The van der Waals surface area contributed by atoms with E-state index in [9.17, 15) is 9.59 Å². The molecule has 0 radical (unpaired) electrons. The summed E-state index contributed by atoms with van der Waals surface area (Å²) < 4.78 is 0. The number of hydrogen-bond acceptors (Lipinski definition) is 3. The second-order valence-electron chi connectivity index (χ2n) is 6.61. The number of hydrogen-bond donors (Lipinski definition) is 2. The Morgan fingerprint density at radius 1 is 1.25 bits per heavy atom. The quantitative estimate of drug-likeness (QED) is 0.840. The molecule has 0 bridgehead atoms. The highest BCUT2D eigenvalue weighted by Crippen LogP contribution is 2.26. The number of nitrogens with one attached hydrogen (secondary N) is 1. The molecule has 2 rings (SSSR count). The molecular weight excluding hydrogens is 302 g/mol. The van der Waals surface area contributed by atoms with Crippen molar-refractivity contribution >= 4 is 11.8 Å². The van der Waals surface area contributed by atoms with Gasteiger partial charge in [-0.3, -0.25) is 9.59 Å². The maximum Gasteiger partial charge on any atom is 0.253 e. The summed E-state index contributed by atoms with van der Waals surface area (Å²) in [5.41, 5.74) is 6.94. The zero-order valence-electron chi connectivity index (χ0n) is 14.8. The summed E-state index contributed by atoms with van der Waals surface area (Å²) in [6.07, 6.45) is 5.95. The summed E-state index contributed by atoms with van der Waals surface area (Å²) in [5, 5.41) is 3.07. The number of rotatable bonds is 6. The molecule has 0 aliphatic heterocycles. The summed E-state index contributed by atoms with van der Waals surface area (Å²) in [6, 6.07) is 6.91. The Balaban J connectivity index is 2.07. The lowest BCUT2D eigenvalue weighted by molar-refractivity contribution is 0.0802. The first-order valence-corrected chi connectivity index (χ1v) is 8.93. The first-order valence-electron chi connectivity index (χ1n) is 8.93. The lowest BCUT2D eigenvalue weighted by Crippen LogP contribution is -2.46. The third kappa shape index (κ3) is 4.57. The van der Waals surface area contributed by atoms with Gasteiger partial charge in [-0.2, -0.15) is 0 Å². The van der Waals surface area contributed by atoms with Gasteiger partial charge in [-0.15, -0.1) is 0 Å². The number of benzene rings is 1. The van der Waals surface area contributed by atoms with Crippen molar-refractivity contribution in [3.8, 4) is 0 Å². The average Bonchev–Trinajstić information content (AvgIpc) is 2.65. The van der Waals surface area contributed by atoms with Crippen molar-refractivity contribution in [2.24, 2.45) is 11.7 Å². The van der Waals surface area contributed by atoms with E-state index in [1.54, 1.807) is 36.2 Å². The van der Waals surface area contributed by atoms with E-state index in [-0.39, 0.29) is 17.9 Å². The van der Waals surface area contributed by atoms with Crippen LogP contribution in [0.25, 0.3) is 0 Å².